The van der Waals surface area contributed by atoms with Gasteiger partial charge in [0.15, 0.2) is 0 Å². The predicted octanol–water partition coefficient (Wildman–Crippen LogP) is 4.33. The van der Waals surface area contributed by atoms with Gasteiger partial charge in [-0.15, -0.1) is 0 Å². The van der Waals surface area contributed by atoms with Crippen molar-refractivity contribution in [1.82, 2.24) is 0 Å². The molecule has 1 aliphatic rings. The van der Waals surface area contributed by atoms with E-state index in [0.29, 0.717) is 25.2 Å². The van der Waals surface area contributed by atoms with Crippen LogP contribution in [-0.4, -0.2) is 28.5 Å². The summed E-state index contributed by atoms with van der Waals surface area (Å²) < 4.78 is 0. The molecule has 2 N–H and O–H groups in total. The molecule has 0 radical (unpaired) electrons. The molecule has 0 bridgehead atoms. The van der Waals surface area contributed by atoms with Gasteiger partial charge < -0.3 is 10.5 Å². The average Bonchev–Trinajstić information content (AvgIpc) is 2.63. The van der Waals surface area contributed by atoms with Crippen molar-refractivity contribution in [3.63, 3.8) is 0 Å². The van der Waals surface area contributed by atoms with E-state index in [1.165, 1.54) is 0 Å². The van der Waals surface area contributed by atoms with Gasteiger partial charge in [0, 0.05) is 6.42 Å². The second-order valence-corrected chi connectivity index (χ2v) is 6.83. The first-order valence-electron chi connectivity index (χ1n) is 9.21. The summed E-state index contributed by atoms with van der Waals surface area (Å²) in [5.74, 6) is -0.569. The SMILES string of the molecule is C=CC(=C)CC1CC=C(C(O)CCCCC(=N)C(=O)C(=O)CC)CC1. The molecule has 138 valence electrons. The van der Waals surface area contributed by atoms with Crippen LogP contribution in [0.4, 0.5) is 0 Å². The van der Waals surface area contributed by atoms with E-state index in [9.17, 15) is 14.7 Å². The molecule has 0 spiro atoms. The number of Topliss-reactive ketones (excluding diaryl/α,β-unsaturated/α-hetero) is 2. The molecule has 0 amide bonds. The first-order chi connectivity index (χ1) is 11.9. The lowest BCUT2D eigenvalue weighted by Gasteiger charge is -2.25. The second-order valence-electron chi connectivity index (χ2n) is 6.83. The minimum atomic E-state index is -0.662. The number of aliphatic hydroxyl groups is 1. The highest BCUT2D eigenvalue weighted by Gasteiger charge is 2.20. The van der Waals surface area contributed by atoms with Crippen LogP contribution >= 0.6 is 0 Å². The molecule has 0 saturated heterocycles. The summed E-state index contributed by atoms with van der Waals surface area (Å²) in [4.78, 5) is 22.8. The molecule has 0 aromatic carbocycles. The van der Waals surface area contributed by atoms with Crippen LogP contribution in [0, 0.1) is 11.3 Å². The predicted molar refractivity (Wildman–Crippen MR) is 102 cm³/mol. The summed E-state index contributed by atoms with van der Waals surface area (Å²) in [6, 6.07) is 0. The van der Waals surface area contributed by atoms with E-state index in [4.69, 9.17) is 5.41 Å². The lowest BCUT2D eigenvalue weighted by molar-refractivity contribution is -0.132. The normalized spacial score (nSPS) is 18.2. The van der Waals surface area contributed by atoms with Gasteiger partial charge in [-0.05, 0) is 56.4 Å². The molecule has 4 heteroatoms. The lowest BCUT2D eigenvalue weighted by atomic mass is 9.83. The van der Waals surface area contributed by atoms with Crippen molar-refractivity contribution < 1.29 is 14.7 Å². The Morgan fingerprint density at radius 1 is 1.44 bits per heavy atom. The number of hydrogen-bond donors (Lipinski definition) is 2. The molecule has 2 atom stereocenters. The summed E-state index contributed by atoms with van der Waals surface area (Å²) >= 11 is 0. The Hall–Kier alpha value is -1.81. The maximum atomic E-state index is 11.5. The monoisotopic (exact) mass is 345 g/mol. The van der Waals surface area contributed by atoms with Gasteiger partial charge in [0.25, 0.3) is 0 Å². The second kappa shape index (κ2) is 10.9. The summed E-state index contributed by atoms with van der Waals surface area (Å²) in [7, 11) is 0. The first kappa shape index (κ1) is 21.2. The van der Waals surface area contributed by atoms with Crippen LogP contribution < -0.4 is 0 Å². The topological polar surface area (TPSA) is 78.2 Å². The quantitative estimate of drug-likeness (QED) is 0.182. The van der Waals surface area contributed by atoms with E-state index >= 15 is 0 Å². The van der Waals surface area contributed by atoms with Crippen LogP contribution in [0.3, 0.4) is 0 Å². The van der Waals surface area contributed by atoms with Crippen molar-refractivity contribution in [2.75, 3.05) is 0 Å². The molecule has 0 saturated carbocycles. The van der Waals surface area contributed by atoms with Crippen LogP contribution in [-0.2, 0) is 9.59 Å². The molecule has 2 unspecified atom stereocenters. The molecule has 1 aliphatic carbocycles. The van der Waals surface area contributed by atoms with E-state index in [2.05, 4.69) is 19.2 Å². The average molecular weight is 345 g/mol. The summed E-state index contributed by atoms with van der Waals surface area (Å²) in [6.45, 7) is 9.33. The molecule has 0 heterocycles. The molecule has 0 aromatic heterocycles. The fraction of sp³-hybridized carbons (Fsp3) is 0.571. The maximum Gasteiger partial charge on any atom is 0.241 e. The Morgan fingerprint density at radius 2 is 2.16 bits per heavy atom. The first-order valence-corrected chi connectivity index (χ1v) is 9.21. The van der Waals surface area contributed by atoms with E-state index in [1.54, 1.807) is 6.92 Å². The Balaban J connectivity index is 2.29. The maximum absolute atomic E-state index is 11.5. The van der Waals surface area contributed by atoms with E-state index in [1.807, 2.05) is 6.08 Å². The highest BCUT2D eigenvalue weighted by molar-refractivity contribution is 6.64. The van der Waals surface area contributed by atoms with Gasteiger partial charge in [-0.1, -0.05) is 44.2 Å². The zero-order valence-corrected chi connectivity index (χ0v) is 15.4. The minimum Gasteiger partial charge on any atom is -0.389 e. The van der Waals surface area contributed by atoms with Crippen molar-refractivity contribution >= 4 is 17.3 Å². The number of rotatable bonds is 12. The molecule has 1 rings (SSSR count). The largest absolute Gasteiger partial charge is 0.389 e. The molecule has 0 aliphatic heterocycles. The van der Waals surface area contributed by atoms with Crippen LogP contribution in [0.5, 0.6) is 0 Å². The molecular formula is C21H31NO3. The van der Waals surface area contributed by atoms with Crippen LogP contribution in [0.1, 0.15) is 64.7 Å². The molecule has 4 nitrogen and oxygen atoms in total. The number of ketones is 2. The number of unbranched alkanes of at least 4 members (excludes halogenated alkanes) is 1. The van der Waals surface area contributed by atoms with Gasteiger partial charge >= 0.3 is 0 Å². The highest BCUT2D eigenvalue weighted by atomic mass is 16.3. The third-order valence-electron chi connectivity index (χ3n) is 4.82. The van der Waals surface area contributed by atoms with Crippen molar-refractivity contribution in [2.24, 2.45) is 5.92 Å². The number of aliphatic hydroxyl groups excluding tert-OH is 1. The zero-order chi connectivity index (χ0) is 18.8. The standard InChI is InChI=1S/C21H31NO3/c1-4-15(3)14-16-10-12-17(13-11-16)20(24)9-7-6-8-18(22)21(25)19(23)5-2/h4,12,16,20,22,24H,1,3,5-11,13-14H2,2H3. The molecule has 25 heavy (non-hydrogen) atoms. The van der Waals surface area contributed by atoms with Crippen molar-refractivity contribution in [1.29, 1.82) is 5.41 Å². The van der Waals surface area contributed by atoms with Crippen molar-refractivity contribution in [3.05, 3.63) is 36.5 Å². The number of hydrogen-bond acceptors (Lipinski definition) is 4. The van der Waals surface area contributed by atoms with Crippen LogP contribution in [0.15, 0.2) is 36.5 Å². The van der Waals surface area contributed by atoms with Crippen LogP contribution in [0.2, 0.25) is 0 Å². The van der Waals surface area contributed by atoms with Crippen molar-refractivity contribution in [3.8, 4) is 0 Å². The summed E-state index contributed by atoms with van der Waals surface area (Å²) in [5, 5.41) is 18.0. The van der Waals surface area contributed by atoms with E-state index in [0.717, 1.165) is 43.3 Å². The summed E-state index contributed by atoms with van der Waals surface area (Å²) in [6.07, 6.45) is 9.92. The zero-order valence-electron chi connectivity index (χ0n) is 15.4. The fourth-order valence-corrected chi connectivity index (χ4v) is 3.12. The van der Waals surface area contributed by atoms with Gasteiger partial charge in [-0.3, -0.25) is 9.59 Å². The van der Waals surface area contributed by atoms with Gasteiger partial charge in [-0.25, -0.2) is 0 Å². The Morgan fingerprint density at radius 3 is 2.72 bits per heavy atom. The van der Waals surface area contributed by atoms with Gasteiger partial charge in [0.1, 0.15) is 0 Å². The Kier molecular flexibility index (Phi) is 9.28. The fourth-order valence-electron chi connectivity index (χ4n) is 3.12. The highest BCUT2D eigenvalue weighted by Crippen LogP contribution is 2.30. The van der Waals surface area contributed by atoms with E-state index < -0.39 is 17.7 Å². The van der Waals surface area contributed by atoms with Gasteiger partial charge in [0.05, 0.1) is 11.8 Å². The Bertz CT molecular complexity index is 559. The van der Waals surface area contributed by atoms with Gasteiger partial charge in [0.2, 0.25) is 11.6 Å². The third kappa shape index (κ3) is 7.30. The Labute approximate surface area is 151 Å². The van der Waals surface area contributed by atoms with Gasteiger partial charge in [-0.2, -0.15) is 0 Å². The smallest absolute Gasteiger partial charge is 0.241 e. The van der Waals surface area contributed by atoms with Crippen molar-refractivity contribution in [2.45, 2.75) is 70.8 Å². The number of allylic oxidation sites excluding steroid dienone is 3. The number of carbonyl (C=O) groups is 2. The lowest BCUT2D eigenvalue weighted by Crippen LogP contribution is -2.22. The summed E-state index contributed by atoms with van der Waals surface area (Å²) in [5.41, 5.74) is 2.07. The molecule has 0 fully saturated rings. The molecular weight excluding hydrogens is 314 g/mol. The molecule has 0 aromatic rings. The van der Waals surface area contributed by atoms with E-state index in [-0.39, 0.29) is 12.1 Å². The third-order valence-corrected chi connectivity index (χ3v) is 4.82. The minimum absolute atomic E-state index is 0.108. The number of carbonyl (C=O) groups excluding carboxylic acids is 2. The van der Waals surface area contributed by atoms with Crippen LogP contribution in [0.25, 0.3) is 0 Å². The number of nitrogens with one attached hydrogen (secondary N) is 1.